The standard InChI is InChI=1S/C18H24N4O3/c1-24-15-9-12-5-8-22-14(13(12)10-16(15)25-2)11-17(21-18(22)23)20-7-4-3-6-19/h9-11H,3-8,19H2,1-2H3,(H,20,21,23)/p+1. The third kappa shape index (κ3) is 3.46. The van der Waals surface area contributed by atoms with Gasteiger partial charge in [0.25, 0.3) is 0 Å². The molecule has 4 N–H and O–H groups in total. The van der Waals surface area contributed by atoms with Gasteiger partial charge in [0.1, 0.15) is 5.82 Å². The fourth-order valence-electron chi connectivity index (χ4n) is 3.15. The molecule has 1 aliphatic heterocycles. The lowest BCUT2D eigenvalue weighted by atomic mass is 9.97. The van der Waals surface area contributed by atoms with Crippen molar-refractivity contribution >= 4 is 5.82 Å². The van der Waals surface area contributed by atoms with Crippen LogP contribution in [-0.2, 0) is 13.0 Å². The summed E-state index contributed by atoms with van der Waals surface area (Å²) in [5, 5.41) is 3.24. The second-order valence-corrected chi connectivity index (χ2v) is 6.06. The number of anilines is 1. The fraction of sp³-hybridized carbons (Fsp3) is 0.444. The van der Waals surface area contributed by atoms with Gasteiger partial charge in [-0.15, -0.1) is 0 Å². The molecule has 0 bridgehead atoms. The maximum absolute atomic E-state index is 12.4. The number of benzene rings is 1. The normalized spacial score (nSPS) is 12.3. The van der Waals surface area contributed by atoms with Gasteiger partial charge in [0.05, 0.1) is 26.5 Å². The summed E-state index contributed by atoms with van der Waals surface area (Å²) in [7, 11) is 3.24. The molecule has 2 aromatic rings. The Kier molecular flexibility index (Phi) is 5.23. The molecule has 134 valence electrons. The van der Waals surface area contributed by atoms with Gasteiger partial charge in [0, 0.05) is 24.7 Å². The number of fused-ring (bicyclic) bond motifs is 3. The highest BCUT2D eigenvalue weighted by molar-refractivity contribution is 5.71. The van der Waals surface area contributed by atoms with Gasteiger partial charge in [-0.2, -0.15) is 4.98 Å². The SMILES string of the molecule is COc1cc2c(cc1OC)-c1cc(NCCCC[NH3+])nc(=O)n1CC2. The summed E-state index contributed by atoms with van der Waals surface area (Å²) in [6.07, 6.45) is 2.82. The summed E-state index contributed by atoms with van der Waals surface area (Å²) in [6, 6.07) is 5.87. The highest BCUT2D eigenvalue weighted by Crippen LogP contribution is 2.38. The molecule has 7 heteroatoms. The van der Waals surface area contributed by atoms with Crippen molar-refractivity contribution < 1.29 is 15.2 Å². The van der Waals surface area contributed by atoms with Gasteiger partial charge in [-0.05, 0) is 37.0 Å². The molecule has 0 spiro atoms. The Bertz CT molecular complexity index is 817. The number of rotatable bonds is 7. The smallest absolute Gasteiger partial charge is 0.349 e. The minimum atomic E-state index is -0.224. The number of nitrogens with one attached hydrogen (secondary N) is 1. The zero-order valence-corrected chi connectivity index (χ0v) is 14.8. The van der Waals surface area contributed by atoms with E-state index >= 15 is 0 Å². The molecule has 0 saturated carbocycles. The second-order valence-electron chi connectivity index (χ2n) is 6.06. The Morgan fingerprint density at radius 1 is 1.20 bits per heavy atom. The maximum Gasteiger partial charge on any atom is 0.349 e. The minimum absolute atomic E-state index is 0.224. The lowest BCUT2D eigenvalue weighted by Crippen LogP contribution is -2.50. The molecule has 0 aliphatic carbocycles. The van der Waals surface area contributed by atoms with Crippen molar-refractivity contribution in [3.8, 4) is 22.8 Å². The molecule has 1 aromatic heterocycles. The van der Waals surface area contributed by atoms with Crippen molar-refractivity contribution in [2.24, 2.45) is 0 Å². The molecule has 7 nitrogen and oxygen atoms in total. The van der Waals surface area contributed by atoms with Crippen molar-refractivity contribution in [2.75, 3.05) is 32.6 Å². The number of ether oxygens (including phenoxy) is 2. The maximum atomic E-state index is 12.4. The van der Waals surface area contributed by atoms with Gasteiger partial charge in [-0.25, -0.2) is 4.79 Å². The summed E-state index contributed by atoms with van der Waals surface area (Å²) in [5.74, 6) is 1.98. The van der Waals surface area contributed by atoms with E-state index in [-0.39, 0.29) is 5.69 Å². The molecular formula is C18H25N4O3+. The number of aryl methyl sites for hydroxylation is 1. The van der Waals surface area contributed by atoms with Crippen LogP contribution in [0, 0.1) is 0 Å². The molecule has 1 aliphatic rings. The van der Waals surface area contributed by atoms with E-state index in [2.05, 4.69) is 16.0 Å². The Balaban J connectivity index is 1.99. The predicted octanol–water partition coefficient (Wildman–Crippen LogP) is 0.918. The Labute approximate surface area is 146 Å². The van der Waals surface area contributed by atoms with E-state index < -0.39 is 0 Å². The molecule has 0 saturated heterocycles. The summed E-state index contributed by atoms with van der Waals surface area (Å²) >= 11 is 0. The molecule has 25 heavy (non-hydrogen) atoms. The van der Waals surface area contributed by atoms with Crippen LogP contribution in [-0.4, -0.2) is 36.9 Å². The zero-order chi connectivity index (χ0) is 17.8. The van der Waals surface area contributed by atoms with Crippen LogP contribution in [0.2, 0.25) is 0 Å². The number of methoxy groups -OCH3 is 2. The van der Waals surface area contributed by atoms with E-state index in [1.54, 1.807) is 18.8 Å². The third-order valence-corrected chi connectivity index (χ3v) is 4.48. The average molecular weight is 345 g/mol. The zero-order valence-electron chi connectivity index (χ0n) is 14.8. The van der Waals surface area contributed by atoms with E-state index in [9.17, 15) is 4.79 Å². The molecular weight excluding hydrogens is 320 g/mol. The molecule has 1 aromatic carbocycles. The number of quaternary nitrogens is 1. The molecule has 0 fully saturated rings. The lowest BCUT2D eigenvalue weighted by molar-refractivity contribution is -0.368. The molecule has 0 amide bonds. The summed E-state index contributed by atoms with van der Waals surface area (Å²) in [4.78, 5) is 16.6. The van der Waals surface area contributed by atoms with Crippen molar-refractivity contribution in [3.05, 3.63) is 34.2 Å². The van der Waals surface area contributed by atoms with Crippen LogP contribution in [0.3, 0.4) is 0 Å². The van der Waals surface area contributed by atoms with Gasteiger partial charge in [-0.1, -0.05) is 0 Å². The molecule has 0 unspecified atom stereocenters. The van der Waals surface area contributed by atoms with E-state index in [1.165, 1.54) is 0 Å². The van der Waals surface area contributed by atoms with Gasteiger partial charge < -0.3 is 20.5 Å². The first-order chi connectivity index (χ1) is 12.2. The fourth-order valence-corrected chi connectivity index (χ4v) is 3.15. The van der Waals surface area contributed by atoms with Crippen LogP contribution in [0.5, 0.6) is 11.5 Å². The quantitative estimate of drug-likeness (QED) is 0.728. The summed E-state index contributed by atoms with van der Waals surface area (Å²) in [5.41, 5.74) is 6.61. The topological polar surface area (TPSA) is 93.0 Å². The van der Waals surface area contributed by atoms with Crippen LogP contribution >= 0.6 is 0 Å². The number of hydrogen-bond acceptors (Lipinski definition) is 5. The van der Waals surface area contributed by atoms with E-state index in [4.69, 9.17) is 9.47 Å². The van der Waals surface area contributed by atoms with E-state index in [1.807, 2.05) is 18.2 Å². The monoisotopic (exact) mass is 345 g/mol. The van der Waals surface area contributed by atoms with E-state index in [0.29, 0.717) is 23.9 Å². The molecule has 0 radical (unpaired) electrons. The molecule has 2 heterocycles. The van der Waals surface area contributed by atoms with Crippen molar-refractivity contribution in [1.29, 1.82) is 0 Å². The van der Waals surface area contributed by atoms with Gasteiger partial charge in [0.2, 0.25) is 0 Å². The van der Waals surface area contributed by atoms with Crippen LogP contribution in [0.1, 0.15) is 18.4 Å². The van der Waals surface area contributed by atoms with Crippen molar-refractivity contribution in [1.82, 2.24) is 9.55 Å². The van der Waals surface area contributed by atoms with E-state index in [0.717, 1.165) is 49.2 Å². The Morgan fingerprint density at radius 3 is 2.68 bits per heavy atom. The first kappa shape index (κ1) is 17.3. The Morgan fingerprint density at radius 2 is 1.96 bits per heavy atom. The first-order valence-corrected chi connectivity index (χ1v) is 8.58. The van der Waals surface area contributed by atoms with Gasteiger partial charge >= 0.3 is 5.69 Å². The van der Waals surface area contributed by atoms with Crippen LogP contribution < -0.4 is 26.2 Å². The van der Waals surface area contributed by atoms with Crippen molar-refractivity contribution in [3.63, 3.8) is 0 Å². The first-order valence-electron chi connectivity index (χ1n) is 8.58. The number of hydrogen-bond donors (Lipinski definition) is 2. The van der Waals surface area contributed by atoms with Gasteiger partial charge in [0.15, 0.2) is 11.5 Å². The predicted molar refractivity (Wildman–Crippen MR) is 96.2 cm³/mol. The summed E-state index contributed by atoms with van der Waals surface area (Å²) in [6.45, 7) is 2.31. The number of unbranched alkanes of at least 4 members (excludes halogenated alkanes) is 1. The second kappa shape index (κ2) is 7.57. The highest BCUT2D eigenvalue weighted by Gasteiger charge is 2.21. The van der Waals surface area contributed by atoms with Crippen LogP contribution in [0.25, 0.3) is 11.3 Å². The Hall–Kier alpha value is -2.54. The number of nitrogens with zero attached hydrogens (tertiary/aromatic N) is 2. The largest absolute Gasteiger partial charge is 0.493 e. The lowest BCUT2D eigenvalue weighted by Gasteiger charge is -2.23. The van der Waals surface area contributed by atoms with Crippen molar-refractivity contribution in [2.45, 2.75) is 25.8 Å². The number of aromatic nitrogens is 2. The average Bonchev–Trinajstić information content (AvgIpc) is 2.64. The highest BCUT2D eigenvalue weighted by atomic mass is 16.5. The molecule has 3 rings (SSSR count). The van der Waals surface area contributed by atoms with Gasteiger partial charge in [-0.3, -0.25) is 4.57 Å². The van der Waals surface area contributed by atoms with Crippen LogP contribution in [0.15, 0.2) is 23.0 Å². The summed E-state index contributed by atoms with van der Waals surface area (Å²) < 4.78 is 12.5. The molecule has 0 atom stereocenters. The third-order valence-electron chi connectivity index (χ3n) is 4.48. The van der Waals surface area contributed by atoms with Crippen LogP contribution in [0.4, 0.5) is 5.82 Å². The minimum Gasteiger partial charge on any atom is -0.493 e.